The van der Waals surface area contributed by atoms with Gasteiger partial charge in [0.05, 0.1) is 18.0 Å². The van der Waals surface area contributed by atoms with Crippen molar-refractivity contribution in [2.75, 3.05) is 18.4 Å². The van der Waals surface area contributed by atoms with Gasteiger partial charge in [0.15, 0.2) is 5.82 Å². The summed E-state index contributed by atoms with van der Waals surface area (Å²) in [6.45, 7) is 1.63. The van der Waals surface area contributed by atoms with Crippen molar-refractivity contribution in [3.05, 3.63) is 41.0 Å². The highest BCUT2D eigenvalue weighted by Gasteiger charge is 2.37. The Morgan fingerprint density at radius 2 is 1.88 bits per heavy atom. The van der Waals surface area contributed by atoms with Crippen LogP contribution in [0.4, 0.5) is 11.5 Å². The van der Waals surface area contributed by atoms with Crippen LogP contribution in [0.25, 0.3) is 0 Å². The maximum absolute atomic E-state index is 12.9. The summed E-state index contributed by atoms with van der Waals surface area (Å²) in [7, 11) is 0. The number of hydrogen-bond acceptors (Lipinski definition) is 5. The maximum Gasteiger partial charge on any atom is 0.254 e. The Balaban J connectivity index is 1.51. The van der Waals surface area contributed by atoms with Gasteiger partial charge in [-0.3, -0.25) is 14.3 Å². The summed E-state index contributed by atoms with van der Waals surface area (Å²) in [6.07, 6.45) is 6.72. The number of amides is 2. The van der Waals surface area contributed by atoms with E-state index < -0.39 is 5.91 Å². The standard InChI is InChI=1S/C23H27ClN6O2/c24-17-5-7-18(8-6-17)27-22-19(21(26)31)14-30(28-22)20-9-4-15(12-16(20)13-25)23(32)29-10-2-1-3-11-29/h5-8,14-16,20H,1-4,9-12H2,(H2,26,31)(H,27,28). The minimum Gasteiger partial charge on any atom is -0.365 e. The molecule has 168 valence electrons. The van der Waals surface area contributed by atoms with Gasteiger partial charge in [-0.1, -0.05) is 11.6 Å². The highest BCUT2D eigenvalue weighted by molar-refractivity contribution is 6.30. The molecule has 1 aromatic carbocycles. The van der Waals surface area contributed by atoms with E-state index in [1.165, 1.54) is 6.42 Å². The Kier molecular flexibility index (Phi) is 6.66. The second kappa shape index (κ2) is 9.61. The van der Waals surface area contributed by atoms with Crippen LogP contribution in [0.1, 0.15) is 54.9 Å². The average molecular weight is 455 g/mol. The molecule has 2 fully saturated rings. The van der Waals surface area contributed by atoms with Crippen LogP contribution < -0.4 is 11.1 Å². The molecule has 1 saturated carbocycles. The number of carbonyl (C=O) groups is 2. The highest BCUT2D eigenvalue weighted by atomic mass is 35.5. The van der Waals surface area contributed by atoms with Gasteiger partial charge in [-0.25, -0.2) is 0 Å². The lowest BCUT2D eigenvalue weighted by molar-refractivity contribution is -0.138. The van der Waals surface area contributed by atoms with Crippen LogP contribution in [0, 0.1) is 23.2 Å². The first-order chi connectivity index (χ1) is 15.5. The van der Waals surface area contributed by atoms with Gasteiger partial charge in [0.1, 0.15) is 5.56 Å². The van der Waals surface area contributed by atoms with Crippen LogP contribution in [0.5, 0.6) is 0 Å². The Morgan fingerprint density at radius 1 is 1.16 bits per heavy atom. The quantitative estimate of drug-likeness (QED) is 0.711. The van der Waals surface area contributed by atoms with E-state index in [4.69, 9.17) is 17.3 Å². The second-order valence-electron chi connectivity index (χ2n) is 8.57. The van der Waals surface area contributed by atoms with Crippen molar-refractivity contribution in [1.82, 2.24) is 14.7 Å². The molecule has 1 aliphatic heterocycles. The third-order valence-electron chi connectivity index (χ3n) is 6.44. The van der Waals surface area contributed by atoms with Crippen LogP contribution in [-0.4, -0.2) is 39.6 Å². The first kappa shape index (κ1) is 22.2. The molecule has 9 heteroatoms. The van der Waals surface area contributed by atoms with Crippen LogP contribution in [0.3, 0.4) is 0 Å². The normalized spacial score (nSPS) is 23.4. The van der Waals surface area contributed by atoms with Gasteiger partial charge in [0, 0.05) is 35.9 Å². The number of nitriles is 1. The lowest BCUT2D eigenvalue weighted by Crippen LogP contribution is -2.42. The number of anilines is 2. The number of aromatic nitrogens is 2. The number of primary amides is 1. The summed E-state index contributed by atoms with van der Waals surface area (Å²) in [4.78, 5) is 26.9. The molecule has 0 spiro atoms. The van der Waals surface area contributed by atoms with E-state index in [0.29, 0.717) is 30.1 Å². The van der Waals surface area contributed by atoms with Crippen molar-refractivity contribution < 1.29 is 9.59 Å². The van der Waals surface area contributed by atoms with Crippen LogP contribution >= 0.6 is 11.6 Å². The molecule has 32 heavy (non-hydrogen) atoms. The molecule has 0 bridgehead atoms. The van der Waals surface area contributed by atoms with E-state index in [1.54, 1.807) is 35.1 Å². The fourth-order valence-corrected chi connectivity index (χ4v) is 4.84. The van der Waals surface area contributed by atoms with Crippen molar-refractivity contribution in [2.24, 2.45) is 17.6 Å². The second-order valence-corrected chi connectivity index (χ2v) is 9.00. The first-order valence-electron chi connectivity index (χ1n) is 11.1. The zero-order valence-electron chi connectivity index (χ0n) is 17.8. The van der Waals surface area contributed by atoms with E-state index in [0.717, 1.165) is 31.6 Å². The molecule has 1 aliphatic carbocycles. The average Bonchev–Trinajstić information content (AvgIpc) is 3.24. The smallest absolute Gasteiger partial charge is 0.254 e. The van der Waals surface area contributed by atoms with Crippen molar-refractivity contribution in [1.29, 1.82) is 5.26 Å². The molecule has 0 radical (unpaired) electrons. The van der Waals surface area contributed by atoms with Crippen molar-refractivity contribution in [3.63, 3.8) is 0 Å². The summed E-state index contributed by atoms with van der Waals surface area (Å²) < 4.78 is 1.66. The lowest BCUT2D eigenvalue weighted by Gasteiger charge is -2.36. The number of nitrogens with one attached hydrogen (secondary N) is 1. The zero-order valence-corrected chi connectivity index (χ0v) is 18.6. The first-order valence-corrected chi connectivity index (χ1v) is 11.4. The molecule has 3 unspecified atom stereocenters. The Bertz CT molecular complexity index is 1020. The summed E-state index contributed by atoms with van der Waals surface area (Å²) in [5.74, 6) is -0.594. The van der Waals surface area contributed by atoms with Crippen LogP contribution in [0.15, 0.2) is 30.5 Å². The fraction of sp³-hybridized carbons (Fsp3) is 0.478. The lowest BCUT2D eigenvalue weighted by atomic mass is 9.78. The van der Waals surface area contributed by atoms with E-state index >= 15 is 0 Å². The van der Waals surface area contributed by atoms with E-state index in [-0.39, 0.29) is 29.3 Å². The minimum atomic E-state index is -0.602. The molecule has 1 aromatic heterocycles. The van der Waals surface area contributed by atoms with Crippen LogP contribution in [-0.2, 0) is 4.79 Å². The van der Waals surface area contributed by atoms with Crippen LogP contribution in [0.2, 0.25) is 5.02 Å². The van der Waals surface area contributed by atoms with Gasteiger partial charge in [-0.05, 0) is 62.8 Å². The van der Waals surface area contributed by atoms with Gasteiger partial charge in [-0.15, -0.1) is 0 Å². The maximum atomic E-state index is 12.9. The number of carbonyl (C=O) groups excluding carboxylic acids is 2. The van der Waals surface area contributed by atoms with Crippen molar-refractivity contribution in [3.8, 4) is 6.07 Å². The summed E-state index contributed by atoms with van der Waals surface area (Å²) in [5, 5.41) is 18.1. The molecule has 1 saturated heterocycles. The number of likely N-dealkylation sites (tertiary alicyclic amines) is 1. The van der Waals surface area contributed by atoms with Gasteiger partial charge < -0.3 is 16.0 Å². The van der Waals surface area contributed by atoms with Gasteiger partial charge in [0.25, 0.3) is 5.91 Å². The predicted molar refractivity (Wildman–Crippen MR) is 121 cm³/mol. The molecule has 2 aromatic rings. The molecule has 8 nitrogen and oxygen atoms in total. The minimum absolute atomic E-state index is 0.133. The highest BCUT2D eigenvalue weighted by Crippen LogP contribution is 2.38. The zero-order chi connectivity index (χ0) is 22.7. The Hall–Kier alpha value is -3.05. The summed E-state index contributed by atoms with van der Waals surface area (Å²) in [5.41, 5.74) is 6.55. The van der Waals surface area contributed by atoms with Crippen molar-refractivity contribution in [2.45, 2.75) is 44.6 Å². The third kappa shape index (κ3) is 4.73. The number of piperidine rings is 1. The largest absolute Gasteiger partial charge is 0.365 e. The number of halogens is 1. The summed E-state index contributed by atoms with van der Waals surface area (Å²) in [6, 6.07) is 9.18. The monoisotopic (exact) mass is 454 g/mol. The topological polar surface area (TPSA) is 117 Å². The fourth-order valence-electron chi connectivity index (χ4n) is 4.71. The molecule has 4 rings (SSSR count). The van der Waals surface area contributed by atoms with Gasteiger partial charge in [0.2, 0.25) is 5.91 Å². The third-order valence-corrected chi connectivity index (χ3v) is 6.69. The van der Waals surface area contributed by atoms with Crippen molar-refractivity contribution >= 4 is 34.9 Å². The Labute approximate surface area is 192 Å². The number of hydrogen-bond donors (Lipinski definition) is 2. The van der Waals surface area contributed by atoms with Gasteiger partial charge >= 0.3 is 0 Å². The number of nitrogens with two attached hydrogens (primary N) is 1. The SMILES string of the molecule is N#CC1CC(C(=O)N2CCCCC2)CCC1n1cc(C(N)=O)c(Nc2ccc(Cl)cc2)n1. The number of benzene rings is 1. The predicted octanol–water partition coefficient (Wildman–Crippen LogP) is 3.87. The molecule has 3 N–H and O–H groups in total. The number of rotatable bonds is 5. The molecule has 2 aliphatic rings. The molecule has 3 atom stereocenters. The van der Waals surface area contributed by atoms with E-state index in [1.807, 2.05) is 4.90 Å². The summed E-state index contributed by atoms with van der Waals surface area (Å²) >= 11 is 5.94. The van der Waals surface area contributed by atoms with Gasteiger partial charge in [-0.2, -0.15) is 10.4 Å². The molecular weight excluding hydrogens is 428 g/mol. The molecule has 2 heterocycles. The Morgan fingerprint density at radius 3 is 2.53 bits per heavy atom. The van der Waals surface area contributed by atoms with E-state index in [9.17, 15) is 14.9 Å². The molecular formula is C23H27ClN6O2. The molecule has 2 amide bonds. The van der Waals surface area contributed by atoms with E-state index in [2.05, 4.69) is 16.5 Å². The number of nitrogens with zero attached hydrogens (tertiary/aromatic N) is 4.